The molecule has 0 aliphatic carbocycles. The summed E-state index contributed by atoms with van der Waals surface area (Å²) in [6.45, 7) is 4.46. The van der Waals surface area contributed by atoms with Crippen LogP contribution in [0.5, 0.6) is 5.75 Å². The Bertz CT molecular complexity index is 852. The maximum Gasteiger partial charge on any atom is 0.513 e. The van der Waals surface area contributed by atoms with Gasteiger partial charge in [-0.2, -0.15) is 0 Å². The summed E-state index contributed by atoms with van der Waals surface area (Å²) in [5, 5.41) is 3.93. The molecule has 3 aromatic rings. The van der Waals surface area contributed by atoms with Crippen LogP contribution in [0.15, 0.2) is 48.5 Å². The molecule has 3 aromatic carbocycles. The monoisotopic (exact) mass is 308 g/mol. The maximum atomic E-state index is 12.0. The minimum absolute atomic E-state index is 0.386. The van der Waals surface area contributed by atoms with Gasteiger partial charge in [0, 0.05) is 10.8 Å². The highest BCUT2D eigenvalue weighted by atomic mass is 16.7. The minimum atomic E-state index is -0.641. The molecule has 0 radical (unpaired) electrons. The summed E-state index contributed by atoms with van der Waals surface area (Å²) in [6.07, 6.45) is 1.17. The summed E-state index contributed by atoms with van der Waals surface area (Å²) in [6, 6.07) is 16.2. The van der Waals surface area contributed by atoms with Gasteiger partial charge in [0.15, 0.2) is 0 Å². The molecule has 0 aliphatic heterocycles. The third-order valence-corrected chi connectivity index (χ3v) is 3.87. The molecular weight excluding hydrogens is 288 g/mol. The minimum Gasteiger partial charge on any atom is -0.434 e. The van der Waals surface area contributed by atoms with Crippen LogP contribution in [0.2, 0.25) is 0 Å². The van der Waals surface area contributed by atoms with Crippen molar-refractivity contribution < 1.29 is 14.3 Å². The van der Waals surface area contributed by atoms with Gasteiger partial charge in [0.25, 0.3) is 0 Å². The van der Waals surface area contributed by atoms with E-state index in [-0.39, 0.29) is 0 Å². The first-order valence-corrected chi connectivity index (χ1v) is 7.96. The fourth-order valence-electron chi connectivity index (χ4n) is 2.66. The molecular formula is C20H20O3. The number of carbonyl (C=O) groups is 1. The second-order valence-corrected chi connectivity index (χ2v) is 5.71. The van der Waals surface area contributed by atoms with Crippen molar-refractivity contribution in [1.29, 1.82) is 0 Å². The summed E-state index contributed by atoms with van der Waals surface area (Å²) in [5.74, 6) is 0.572. The van der Waals surface area contributed by atoms with Crippen LogP contribution in [0.25, 0.3) is 21.5 Å². The molecule has 0 bridgehead atoms. The van der Waals surface area contributed by atoms with Crippen LogP contribution < -0.4 is 4.74 Å². The molecule has 3 heteroatoms. The normalized spacial score (nSPS) is 10.9. The number of fused-ring (bicyclic) bond motifs is 2. The van der Waals surface area contributed by atoms with E-state index in [0.717, 1.165) is 39.9 Å². The fraction of sp³-hybridized carbons (Fsp3) is 0.250. The van der Waals surface area contributed by atoms with Crippen molar-refractivity contribution in [2.45, 2.75) is 26.7 Å². The Morgan fingerprint density at radius 2 is 1.78 bits per heavy atom. The third kappa shape index (κ3) is 3.29. The van der Waals surface area contributed by atoms with E-state index in [9.17, 15) is 4.79 Å². The van der Waals surface area contributed by atoms with Crippen molar-refractivity contribution >= 4 is 27.7 Å². The zero-order chi connectivity index (χ0) is 16.2. The Hall–Kier alpha value is -2.55. The number of carbonyl (C=O) groups excluding carboxylic acids is 1. The molecule has 23 heavy (non-hydrogen) atoms. The van der Waals surface area contributed by atoms with Crippen LogP contribution in [0, 0.1) is 6.92 Å². The quantitative estimate of drug-likeness (QED) is 0.272. The van der Waals surface area contributed by atoms with Gasteiger partial charge in [0.1, 0.15) is 5.75 Å². The number of rotatable bonds is 4. The summed E-state index contributed by atoms with van der Waals surface area (Å²) < 4.78 is 10.7. The molecule has 0 unspecified atom stereocenters. The van der Waals surface area contributed by atoms with Crippen LogP contribution in [-0.2, 0) is 4.74 Å². The Morgan fingerprint density at radius 1 is 1.00 bits per heavy atom. The maximum absolute atomic E-state index is 12.0. The molecule has 3 rings (SSSR count). The summed E-state index contributed by atoms with van der Waals surface area (Å²) >= 11 is 0. The molecule has 0 aromatic heterocycles. The molecule has 118 valence electrons. The van der Waals surface area contributed by atoms with Gasteiger partial charge in [0.05, 0.1) is 6.61 Å². The van der Waals surface area contributed by atoms with E-state index in [4.69, 9.17) is 9.47 Å². The molecule has 0 heterocycles. The van der Waals surface area contributed by atoms with Gasteiger partial charge in [-0.1, -0.05) is 55.3 Å². The largest absolute Gasteiger partial charge is 0.513 e. The van der Waals surface area contributed by atoms with Crippen LogP contribution >= 0.6 is 0 Å². The van der Waals surface area contributed by atoms with Gasteiger partial charge in [-0.15, -0.1) is 0 Å². The average Bonchev–Trinajstić information content (AvgIpc) is 2.55. The van der Waals surface area contributed by atoms with Crippen LogP contribution in [0.4, 0.5) is 4.79 Å². The van der Waals surface area contributed by atoms with Crippen LogP contribution in [-0.4, -0.2) is 12.8 Å². The molecule has 0 amide bonds. The molecule has 0 saturated carbocycles. The molecule has 0 saturated heterocycles. The van der Waals surface area contributed by atoms with Crippen molar-refractivity contribution in [3.8, 4) is 5.75 Å². The molecule has 3 nitrogen and oxygen atoms in total. The lowest BCUT2D eigenvalue weighted by Crippen LogP contribution is -2.12. The Kier molecular flexibility index (Phi) is 4.47. The fourth-order valence-corrected chi connectivity index (χ4v) is 2.66. The number of aryl methyl sites for hydroxylation is 1. The number of ether oxygens (including phenoxy) is 2. The summed E-state index contributed by atoms with van der Waals surface area (Å²) in [7, 11) is 0. The molecule has 0 fully saturated rings. The van der Waals surface area contributed by atoms with Gasteiger partial charge < -0.3 is 9.47 Å². The van der Waals surface area contributed by atoms with E-state index < -0.39 is 6.16 Å². The number of hydrogen-bond acceptors (Lipinski definition) is 3. The third-order valence-electron chi connectivity index (χ3n) is 3.87. The van der Waals surface area contributed by atoms with E-state index in [1.165, 1.54) is 0 Å². The van der Waals surface area contributed by atoms with Crippen LogP contribution in [0.3, 0.4) is 0 Å². The Labute approximate surface area is 135 Å². The van der Waals surface area contributed by atoms with E-state index in [1.54, 1.807) is 0 Å². The Balaban J connectivity index is 2.07. The van der Waals surface area contributed by atoms with Gasteiger partial charge in [-0.05, 0) is 36.2 Å². The predicted molar refractivity (Wildman–Crippen MR) is 93.1 cm³/mol. The van der Waals surface area contributed by atoms with E-state index in [1.807, 2.05) is 43.3 Å². The van der Waals surface area contributed by atoms with E-state index >= 15 is 0 Å². The van der Waals surface area contributed by atoms with Gasteiger partial charge >= 0.3 is 6.16 Å². The predicted octanol–water partition coefficient (Wildman–Crippen LogP) is 5.62. The Morgan fingerprint density at radius 3 is 2.61 bits per heavy atom. The summed E-state index contributed by atoms with van der Waals surface area (Å²) in [4.78, 5) is 12.0. The lowest BCUT2D eigenvalue weighted by Gasteiger charge is -2.12. The number of hydrogen-bond donors (Lipinski definition) is 0. The first-order valence-electron chi connectivity index (χ1n) is 7.96. The first-order chi connectivity index (χ1) is 11.2. The molecule has 0 spiro atoms. The van der Waals surface area contributed by atoms with Crippen molar-refractivity contribution in [2.75, 3.05) is 6.61 Å². The van der Waals surface area contributed by atoms with Gasteiger partial charge in [-0.3, -0.25) is 0 Å². The number of unbranched alkanes of at least 4 members (excludes halogenated alkanes) is 1. The smallest absolute Gasteiger partial charge is 0.434 e. The average molecular weight is 308 g/mol. The first kappa shape index (κ1) is 15.3. The SMILES string of the molecule is CCCCOC(=O)Oc1c2ccccc2cc2ccc(C)cc12. The van der Waals surface area contributed by atoms with Gasteiger partial charge in [0.2, 0.25) is 0 Å². The highest BCUT2D eigenvalue weighted by Crippen LogP contribution is 2.35. The van der Waals surface area contributed by atoms with Gasteiger partial charge in [-0.25, -0.2) is 4.79 Å². The number of benzene rings is 3. The lowest BCUT2D eigenvalue weighted by atomic mass is 10.0. The summed E-state index contributed by atoms with van der Waals surface area (Å²) in [5.41, 5.74) is 1.12. The topological polar surface area (TPSA) is 35.5 Å². The van der Waals surface area contributed by atoms with E-state index in [0.29, 0.717) is 12.4 Å². The second-order valence-electron chi connectivity index (χ2n) is 5.71. The molecule has 0 N–H and O–H groups in total. The van der Waals surface area contributed by atoms with Crippen molar-refractivity contribution in [1.82, 2.24) is 0 Å². The standard InChI is InChI=1S/C20H20O3/c1-3-4-11-22-20(21)23-19-17-8-6-5-7-15(17)13-16-10-9-14(2)12-18(16)19/h5-10,12-13H,3-4,11H2,1-2H3. The zero-order valence-electron chi connectivity index (χ0n) is 13.5. The molecule has 0 atom stereocenters. The highest BCUT2D eigenvalue weighted by molar-refractivity contribution is 6.06. The zero-order valence-corrected chi connectivity index (χ0v) is 13.5. The van der Waals surface area contributed by atoms with Crippen molar-refractivity contribution in [3.05, 3.63) is 54.1 Å². The van der Waals surface area contributed by atoms with E-state index in [2.05, 4.69) is 19.1 Å². The van der Waals surface area contributed by atoms with Crippen LogP contribution in [0.1, 0.15) is 25.3 Å². The highest BCUT2D eigenvalue weighted by Gasteiger charge is 2.14. The second kappa shape index (κ2) is 6.69. The van der Waals surface area contributed by atoms with Crippen molar-refractivity contribution in [3.63, 3.8) is 0 Å². The van der Waals surface area contributed by atoms with Crippen molar-refractivity contribution in [2.24, 2.45) is 0 Å². The lowest BCUT2D eigenvalue weighted by molar-refractivity contribution is 0.0988. The molecule has 0 aliphatic rings.